The first kappa shape index (κ1) is 13.4. The first-order valence-electron chi connectivity index (χ1n) is 6.71. The van der Waals surface area contributed by atoms with Crippen molar-refractivity contribution in [3.8, 4) is 0 Å². The fourth-order valence-corrected chi connectivity index (χ4v) is 2.86. The Morgan fingerprint density at radius 3 is 2.90 bits per heavy atom. The number of nitrogens with one attached hydrogen (secondary N) is 1. The van der Waals surface area contributed by atoms with Gasteiger partial charge >= 0.3 is 5.97 Å². The Hall–Kier alpha value is -2.63. The highest BCUT2D eigenvalue weighted by Crippen LogP contribution is 2.35. The van der Waals surface area contributed by atoms with E-state index in [-0.39, 0.29) is 23.3 Å². The van der Waals surface area contributed by atoms with E-state index in [4.69, 9.17) is 5.11 Å². The molecule has 2 N–H and O–H groups in total. The number of rotatable bonds is 3. The highest BCUT2D eigenvalue weighted by molar-refractivity contribution is 6.02. The maximum atomic E-state index is 12.5. The molecule has 2 aromatic rings. The van der Waals surface area contributed by atoms with Crippen LogP contribution in [0.25, 0.3) is 0 Å². The number of H-pyrrole nitrogens is 1. The standard InChI is InChI=1S/C15H15N3O3/c1-18(11-7-6-9-4-2-3-5-10(9)11)14(19)12-13(15(20)21)17-8-16-12/h2-5,8,11H,6-7H2,1H3,(H,16,17)(H,20,21). The molecular formula is C15H15N3O3. The molecule has 0 saturated heterocycles. The van der Waals surface area contributed by atoms with Crippen LogP contribution in [0.1, 0.15) is 44.6 Å². The second kappa shape index (κ2) is 5.05. The zero-order valence-electron chi connectivity index (χ0n) is 11.5. The Bertz CT molecular complexity index is 708. The van der Waals surface area contributed by atoms with Crippen molar-refractivity contribution in [1.29, 1.82) is 0 Å². The Kier molecular flexibility index (Phi) is 3.21. The van der Waals surface area contributed by atoms with Crippen molar-refractivity contribution < 1.29 is 14.7 Å². The van der Waals surface area contributed by atoms with E-state index in [1.807, 2.05) is 18.2 Å². The van der Waals surface area contributed by atoms with Crippen LogP contribution in [-0.2, 0) is 6.42 Å². The normalized spacial score (nSPS) is 16.5. The molecule has 1 unspecified atom stereocenters. The average Bonchev–Trinajstić information content (AvgIpc) is 3.12. The number of hydrogen-bond acceptors (Lipinski definition) is 3. The van der Waals surface area contributed by atoms with Crippen LogP contribution in [-0.4, -0.2) is 38.9 Å². The lowest BCUT2D eigenvalue weighted by Crippen LogP contribution is -2.31. The quantitative estimate of drug-likeness (QED) is 0.901. The summed E-state index contributed by atoms with van der Waals surface area (Å²) in [6, 6.07) is 7.98. The molecule has 0 bridgehead atoms. The molecule has 1 amide bonds. The third-order valence-electron chi connectivity index (χ3n) is 3.94. The molecule has 0 radical (unpaired) electrons. The Morgan fingerprint density at radius 1 is 1.38 bits per heavy atom. The van der Waals surface area contributed by atoms with Gasteiger partial charge < -0.3 is 15.0 Å². The van der Waals surface area contributed by atoms with E-state index < -0.39 is 5.97 Å². The number of fused-ring (bicyclic) bond motifs is 1. The van der Waals surface area contributed by atoms with E-state index in [9.17, 15) is 9.59 Å². The number of carbonyl (C=O) groups excluding carboxylic acids is 1. The largest absolute Gasteiger partial charge is 0.477 e. The van der Waals surface area contributed by atoms with Crippen molar-refractivity contribution in [2.75, 3.05) is 7.05 Å². The van der Waals surface area contributed by atoms with Crippen LogP contribution in [0.2, 0.25) is 0 Å². The van der Waals surface area contributed by atoms with E-state index >= 15 is 0 Å². The average molecular weight is 285 g/mol. The maximum Gasteiger partial charge on any atom is 0.354 e. The molecule has 0 fully saturated rings. The lowest BCUT2D eigenvalue weighted by atomic mass is 10.1. The minimum atomic E-state index is -1.18. The number of amides is 1. The van der Waals surface area contributed by atoms with Crippen molar-refractivity contribution >= 4 is 11.9 Å². The number of aryl methyl sites for hydroxylation is 1. The zero-order valence-corrected chi connectivity index (χ0v) is 11.5. The maximum absolute atomic E-state index is 12.5. The van der Waals surface area contributed by atoms with Gasteiger partial charge in [0.25, 0.3) is 5.91 Å². The third-order valence-corrected chi connectivity index (χ3v) is 3.94. The Morgan fingerprint density at radius 2 is 2.14 bits per heavy atom. The fraction of sp³-hybridized carbons (Fsp3) is 0.267. The summed E-state index contributed by atoms with van der Waals surface area (Å²) in [4.78, 5) is 31.5. The SMILES string of the molecule is CN(C(=O)c1nc[nH]c1C(=O)O)C1CCc2ccccc21. The molecular weight excluding hydrogens is 270 g/mol. The lowest BCUT2D eigenvalue weighted by Gasteiger charge is -2.25. The van der Waals surface area contributed by atoms with Gasteiger partial charge in [0.05, 0.1) is 12.4 Å². The molecule has 0 saturated carbocycles. The highest BCUT2D eigenvalue weighted by atomic mass is 16.4. The van der Waals surface area contributed by atoms with Gasteiger partial charge in [-0.2, -0.15) is 0 Å². The third kappa shape index (κ3) is 2.18. The van der Waals surface area contributed by atoms with Crippen molar-refractivity contribution in [2.24, 2.45) is 0 Å². The minimum Gasteiger partial charge on any atom is -0.477 e. The monoisotopic (exact) mass is 285 g/mol. The van der Waals surface area contributed by atoms with Crippen LogP contribution in [0.4, 0.5) is 0 Å². The number of carbonyl (C=O) groups is 2. The van der Waals surface area contributed by atoms with Crippen molar-refractivity contribution in [1.82, 2.24) is 14.9 Å². The van der Waals surface area contributed by atoms with E-state index in [2.05, 4.69) is 16.0 Å². The molecule has 1 aromatic carbocycles. The molecule has 6 nitrogen and oxygen atoms in total. The Balaban J connectivity index is 1.89. The minimum absolute atomic E-state index is 0.0351. The number of carboxylic acids is 1. The van der Waals surface area contributed by atoms with Crippen LogP contribution < -0.4 is 0 Å². The topological polar surface area (TPSA) is 86.3 Å². The predicted molar refractivity (Wildman–Crippen MR) is 75.1 cm³/mol. The number of aromatic carboxylic acids is 1. The molecule has 108 valence electrons. The molecule has 3 rings (SSSR count). The lowest BCUT2D eigenvalue weighted by molar-refractivity contribution is 0.0661. The van der Waals surface area contributed by atoms with Gasteiger partial charge in [0.2, 0.25) is 0 Å². The molecule has 21 heavy (non-hydrogen) atoms. The first-order chi connectivity index (χ1) is 10.1. The van der Waals surface area contributed by atoms with E-state index in [1.54, 1.807) is 11.9 Å². The number of aromatic amines is 1. The van der Waals surface area contributed by atoms with Gasteiger partial charge in [0, 0.05) is 7.05 Å². The number of nitrogens with zero attached hydrogens (tertiary/aromatic N) is 2. The van der Waals surface area contributed by atoms with Crippen LogP contribution in [0.15, 0.2) is 30.6 Å². The number of hydrogen-bond donors (Lipinski definition) is 2. The second-order valence-corrected chi connectivity index (χ2v) is 5.10. The highest BCUT2D eigenvalue weighted by Gasteiger charge is 2.31. The molecule has 6 heteroatoms. The summed E-state index contributed by atoms with van der Waals surface area (Å²) in [5.41, 5.74) is 2.15. The van der Waals surface area contributed by atoms with Crippen LogP contribution in [0, 0.1) is 0 Å². The number of benzene rings is 1. The zero-order chi connectivity index (χ0) is 15.0. The second-order valence-electron chi connectivity index (χ2n) is 5.10. The predicted octanol–water partition coefficient (Wildman–Crippen LogP) is 1.87. The van der Waals surface area contributed by atoms with Gasteiger partial charge in [-0.25, -0.2) is 9.78 Å². The summed E-state index contributed by atoms with van der Waals surface area (Å²) < 4.78 is 0. The van der Waals surface area contributed by atoms with Gasteiger partial charge in [-0.15, -0.1) is 0 Å². The molecule has 1 aliphatic carbocycles. The summed E-state index contributed by atoms with van der Waals surface area (Å²) >= 11 is 0. The summed E-state index contributed by atoms with van der Waals surface area (Å²) in [5, 5.41) is 9.07. The van der Waals surface area contributed by atoms with Crippen molar-refractivity contribution in [3.05, 3.63) is 53.1 Å². The first-order valence-corrected chi connectivity index (χ1v) is 6.71. The van der Waals surface area contributed by atoms with Crippen LogP contribution in [0.5, 0.6) is 0 Å². The number of imidazole rings is 1. The van der Waals surface area contributed by atoms with Gasteiger partial charge in [0.15, 0.2) is 11.4 Å². The molecule has 1 aromatic heterocycles. The van der Waals surface area contributed by atoms with Crippen molar-refractivity contribution in [3.63, 3.8) is 0 Å². The smallest absolute Gasteiger partial charge is 0.354 e. The molecule has 0 aliphatic heterocycles. The summed E-state index contributed by atoms with van der Waals surface area (Å²) in [5.74, 6) is -1.56. The van der Waals surface area contributed by atoms with E-state index in [1.165, 1.54) is 11.9 Å². The van der Waals surface area contributed by atoms with E-state index in [0.717, 1.165) is 18.4 Å². The van der Waals surface area contributed by atoms with Crippen LogP contribution >= 0.6 is 0 Å². The summed E-state index contributed by atoms with van der Waals surface area (Å²) in [7, 11) is 1.69. The summed E-state index contributed by atoms with van der Waals surface area (Å²) in [6.07, 6.45) is 2.99. The van der Waals surface area contributed by atoms with Crippen LogP contribution in [0.3, 0.4) is 0 Å². The van der Waals surface area contributed by atoms with Gasteiger partial charge in [-0.1, -0.05) is 24.3 Å². The molecule has 1 atom stereocenters. The van der Waals surface area contributed by atoms with Gasteiger partial charge in [0.1, 0.15) is 0 Å². The van der Waals surface area contributed by atoms with Gasteiger partial charge in [-0.05, 0) is 24.0 Å². The molecule has 1 aliphatic rings. The Labute approximate surface area is 121 Å². The fourth-order valence-electron chi connectivity index (χ4n) is 2.86. The van der Waals surface area contributed by atoms with E-state index in [0.29, 0.717) is 0 Å². The molecule has 0 spiro atoms. The van der Waals surface area contributed by atoms with Crippen molar-refractivity contribution in [2.45, 2.75) is 18.9 Å². The summed E-state index contributed by atoms with van der Waals surface area (Å²) in [6.45, 7) is 0. The molecule has 1 heterocycles. The van der Waals surface area contributed by atoms with Gasteiger partial charge in [-0.3, -0.25) is 4.79 Å². The number of carboxylic acid groups (broad SMARTS) is 1. The number of aromatic nitrogens is 2.